The van der Waals surface area contributed by atoms with Crippen LogP contribution >= 0.6 is 0 Å². The van der Waals surface area contributed by atoms with E-state index in [-0.39, 0.29) is 0 Å². The molecule has 110 valence electrons. The third-order valence-corrected chi connectivity index (χ3v) is 3.33. The van der Waals surface area contributed by atoms with Crippen LogP contribution in [0.1, 0.15) is 11.1 Å². The molecule has 0 atom stereocenters. The van der Waals surface area contributed by atoms with Gasteiger partial charge in [-0.3, -0.25) is 0 Å². The number of fused-ring (bicyclic) bond motifs is 1. The molecule has 0 fully saturated rings. The Morgan fingerprint density at radius 2 is 1.55 bits per heavy atom. The molecule has 0 aliphatic rings. The molecule has 0 aliphatic carbocycles. The standard InChI is InChI=1S/C16H14N4O2/c1-21-15-7-13-14(8-16(15)22-2)19-20(18-13)10-12-5-3-11(9-17)4-6-12/h3-8H,10H2,1-2H3. The smallest absolute Gasteiger partial charge is 0.163 e. The molecule has 0 bridgehead atoms. The van der Waals surface area contributed by atoms with E-state index >= 15 is 0 Å². The Hall–Kier alpha value is -3.07. The van der Waals surface area contributed by atoms with E-state index in [0.29, 0.717) is 23.6 Å². The van der Waals surface area contributed by atoms with E-state index in [2.05, 4.69) is 16.3 Å². The summed E-state index contributed by atoms with van der Waals surface area (Å²) in [6.07, 6.45) is 0. The highest BCUT2D eigenvalue weighted by Gasteiger charge is 2.10. The maximum absolute atomic E-state index is 8.81. The molecular formula is C16H14N4O2. The van der Waals surface area contributed by atoms with Crippen LogP contribution < -0.4 is 9.47 Å². The lowest BCUT2D eigenvalue weighted by Gasteiger charge is -2.05. The molecular weight excluding hydrogens is 280 g/mol. The van der Waals surface area contributed by atoms with Gasteiger partial charge in [0.05, 0.1) is 32.4 Å². The number of ether oxygens (including phenoxy) is 2. The minimum atomic E-state index is 0.533. The van der Waals surface area contributed by atoms with Crippen LogP contribution in [0.25, 0.3) is 11.0 Å². The van der Waals surface area contributed by atoms with Crippen molar-refractivity contribution in [2.75, 3.05) is 14.2 Å². The third kappa shape index (κ3) is 2.56. The van der Waals surface area contributed by atoms with Gasteiger partial charge in [0.25, 0.3) is 0 Å². The van der Waals surface area contributed by atoms with Gasteiger partial charge < -0.3 is 9.47 Å². The van der Waals surface area contributed by atoms with Crippen molar-refractivity contribution in [1.82, 2.24) is 15.0 Å². The minimum absolute atomic E-state index is 0.533. The topological polar surface area (TPSA) is 73.0 Å². The first-order chi connectivity index (χ1) is 10.7. The summed E-state index contributed by atoms with van der Waals surface area (Å²) in [5.74, 6) is 1.25. The molecule has 22 heavy (non-hydrogen) atoms. The summed E-state index contributed by atoms with van der Waals surface area (Å²) in [7, 11) is 3.18. The highest BCUT2D eigenvalue weighted by atomic mass is 16.5. The quantitative estimate of drug-likeness (QED) is 0.738. The lowest BCUT2D eigenvalue weighted by Crippen LogP contribution is -2.03. The normalized spacial score (nSPS) is 10.4. The van der Waals surface area contributed by atoms with Crippen LogP contribution in [-0.2, 0) is 6.54 Å². The SMILES string of the molecule is COc1cc2nn(Cc3ccc(C#N)cc3)nc2cc1OC. The van der Waals surface area contributed by atoms with Crippen LogP contribution in [0, 0.1) is 11.3 Å². The lowest BCUT2D eigenvalue weighted by atomic mass is 10.1. The molecule has 0 spiro atoms. The third-order valence-electron chi connectivity index (χ3n) is 3.33. The monoisotopic (exact) mass is 294 g/mol. The molecule has 1 aromatic heterocycles. The van der Waals surface area contributed by atoms with Crippen molar-refractivity contribution in [2.24, 2.45) is 0 Å². The summed E-state index contributed by atoms with van der Waals surface area (Å²) < 4.78 is 10.5. The molecule has 6 nitrogen and oxygen atoms in total. The van der Waals surface area contributed by atoms with E-state index in [1.807, 2.05) is 12.1 Å². The van der Waals surface area contributed by atoms with Gasteiger partial charge in [0.2, 0.25) is 0 Å². The van der Waals surface area contributed by atoms with Gasteiger partial charge in [-0.05, 0) is 17.7 Å². The number of nitrogens with zero attached hydrogens (tertiary/aromatic N) is 4. The van der Waals surface area contributed by atoms with Crippen LogP contribution in [-0.4, -0.2) is 29.2 Å². The Morgan fingerprint density at radius 1 is 1.00 bits per heavy atom. The van der Waals surface area contributed by atoms with Crippen molar-refractivity contribution in [3.8, 4) is 17.6 Å². The van der Waals surface area contributed by atoms with Crippen LogP contribution in [0.3, 0.4) is 0 Å². The molecule has 0 N–H and O–H groups in total. The fourth-order valence-electron chi connectivity index (χ4n) is 2.21. The Labute approximate surface area is 127 Å². The summed E-state index contributed by atoms with van der Waals surface area (Å²) in [5, 5.41) is 17.7. The summed E-state index contributed by atoms with van der Waals surface area (Å²) in [6, 6.07) is 13.1. The van der Waals surface area contributed by atoms with Gasteiger partial charge in [0.1, 0.15) is 11.0 Å². The van der Waals surface area contributed by atoms with Gasteiger partial charge in [-0.25, -0.2) is 0 Å². The van der Waals surface area contributed by atoms with Crippen LogP contribution in [0.15, 0.2) is 36.4 Å². The summed E-state index contributed by atoms with van der Waals surface area (Å²) in [6.45, 7) is 0.533. The zero-order chi connectivity index (χ0) is 15.5. The molecule has 0 unspecified atom stereocenters. The first kappa shape index (κ1) is 13.9. The Kier molecular flexibility index (Phi) is 3.62. The van der Waals surface area contributed by atoms with Crippen LogP contribution in [0.5, 0.6) is 11.5 Å². The predicted octanol–water partition coefficient (Wildman–Crippen LogP) is 2.37. The zero-order valence-corrected chi connectivity index (χ0v) is 12.3. The van der Waals surface area contributed by atoms with Gasteiger partial charge in [-0.15, -0.1) is 0 Å². The number of methoxy groups -OCH3 is 2. The largest absolute Gasteiger partial charge is 0.493 e. The van der Waals surface area contributed by atoms with Crippen LogP contribution in [0.4, 0.5) is 0 Å². The number of hydrogen-bond donors (Lipinski definition) is 0. The number of hydrogen-bond acceptors (Lipinski definition) is 5. The fourth-order valence-corrected chi connectivity index (χ4v) is 2.21. The van der Waals surface area contributed by atoms with E-state index in [4.69, 9.17) is 14.7 Å². The van der Waals surface area contributed by atoms with Crippen molar-refractivity contribution in [2.45, 2.75) is 6.54 Å². The minimum Gasteiger partial charge on any atom is -0.493 e. The average molecular weight is 294 g/mol. The molecule has 3 rings (SSSR count). The Balaban J connectivity index is 1.92. The highest BCUT2D eigenvalue weighted by molar-refractivity contribution is 5.78. The van der Waals surface area contributed by atoms with E-state index in [9.17, 15) is 0 Å². The number of benzene rings is 2. The maximum atomic E-state index is 8.81. The second-order valence-electron chi connectivity index (χ2n) is 4.74. The zero-order valence-electron chi connectivity index (χ0n) is 12.3. The average Bonchev–Trinajstić information content (AvgIpc) is 2.95. The summed E-state index contributed by atoms with van der Waals surface area (Å²) in [4.78, 5) is 1.62. The molecule has 0 amide bonds. The van der Waals surface area contributed by atoms with Gasteiger partial charge in [-0.1, -0.05) is 12.1 Å². The Bertz CT molecular complexity index is 806. The van der Waals surface area contributed by atoms with Gasteiger partial charge >= 0.3 is 0 Å². The van der Waals surface area contributed by atoms with Crippen molar-refractivity contribution < 1.29 is 9.47 Å². The van der Waals surface area contributed by atoms with Gasteiger partial charge in [-0.2, -0.15) is 20.3 Å². The fraction of sp³-hybridized carbons (Fsp3) is 0.188. The van der Waals surface area contributed by atoms with E-state index < -0.39 is 0 Å². The number of rotatable bonds is 4. The highest BCUT2D eigenvalue weighted by Crippen LogP contribution is 2.30. The van der Waals surface area contributed by atoms with Crippen molar-refractivity contribution in [3.05, 3.63) is 47.5 Å². The molecule has 3 aromatic rings. The molecule has 1 heterocycles. The number of nitriles is 1. The van der Waals surface area contributed by atoms with E-state index in [0.717, 1.165) is 16.6 Å². The van der Waals surface area contributed by atoms with Crippen molar-refractivity contribution >= 4 is 11.0 Å². The van der Waals surface area contributed by atoms with Crippen LogP contribution in [0.2, 0.25) is 0 Å². The molecule has 2 aromatic carbocycles. The Morgan fingerprint density at radius 3 is 2.00 bits per heavy atom. The summed E-state index contributed by atoms with van der Waals surface area (Å²) in [5.41, 5.74) is 3.15. The van der Waals surface area contributed by atoms with Gasteiger partial charge in [0.15, 0.2) is 11.5 Å². The second kappa shape index (κ2) is 5.74. The summed E-state index contributed by atoms with van der Waals surface area (Å²) >= 11 is 0. The van der Waals surface area contributed by atoms with Crippen molar-refractivity contribution in [3.63, 3.8) is 0 Å². The molecule has 6 heteroatoms. The number of aromatic nitrogens is 3. The molecule has 0 radical (unpaired) electrons. The first-order valence-corrected chi connectivity index (χ1v) is 6.69. The predicted molar refractivity (Wildman–Crippen MR) is 80.9 cm³/mol. The van der Waals surface area contributed by atoms with Gasteiger partial charge in [0, 0.05) is 12.1 Å². The maximum Gasteiger partial charge on any atom is 0.163 e. The second-order valence-corrected chi connectivity index (χ2v) is 4.74. The van der Waals surface area contributed by atoms with E-state index in [1.165, 1.54) is 0 Å². The molecule has 0 saturated carbocycles. The van der Waals surface area contributed by atoms with Crippen molar-refractivity contribution in [1.29, 1.82) is 5.26 Å². The first-order valence-electron chi connectivity index (χ1n) is 6.69. The molecule has 0 aliphatic heterocycles. The molecule has 0 saturated heterocycles. The van der Waals surface area contributed by atoms with E-state index in [1.54, 1.807) is 43.3 Å². The lowest BCUT2D eigenvalue weighted by molar-refractivity contribution is 0.356.